The molecule has 0 radical (unpaired) electrons. The number of carbonyl (C=O) groups is 1. The van der Waals surface area contributed by atoms with Gasteiger partial charge in [0.05, 0.1) is 5.92 Å². The minimum Gasteiger partial charge on any atom is -0.481 e. The number of rotatable bonds is 3. The molecule has 1 aliphatic rings. The molecule has 1 N–H and O–H groups in total. The number of carboxylic acids is 1. The molecule has 2 unspecified atom stereocenters. The maximum atomic E-state index is 13.2. The minimum absolute atomic E-state index is 0.00228. The monoisotopic (exact) mass is 212 g/mol. The van der Waals surface area contributed by atoms with Crippen LogP contribution in [0.3, 0.4) is 0 Å². The third-order valence-corrected chi connectivity index (χ3v) is 2.74. The van der Waals surface area contributed by atoms with Crippen LogP contribution in [0.2, 0.25) is 0 Å². The van der Waals surface area contributed by atoms with Crippen molar-refractivity contribution < 1.29 is 18.7 Å². The van der Waals surface area contributed by atoms with Crippen LogP contribution in [0.25, 0.3) is 0 Å². The van der Waals surface area contributed by atoms with Crippen LogP contribution in [0, 0.1) is 23.5 Å². The second-order valence-electron chi connectivity index (χ2n) is 3.88. The van der Waals surface area contributed by atoms with E-state index in [0.717, 1.165) is 6.07 Å². The first-order valence-corrected chi connectivity index (χ1v) is 4.74. The largest absolute Gasteiger partial charge is 0.481 e. The highest BCUT2D eigenvalue weighted by Gasteiger charge is 2.43. The molecule has 0 aromatic heterocycles. The predicted molar refractivity (Wildman–Crippen MR) is 49.3 cm³/mol. The molecule has 0 saturated heterocycles. The molecule has 0 amide bonds. The predicted octanol–water partition coefficient (Wildman–Crippen LogP) is 2.23. The molecular weight excluding hydrogens is 202 g/mol. The highest BCUT2D eigenvalue weighted by atomic mass is 19.1. The Bertz CT molecular complexity index is 404. The summed E-state index contributed by atoms with van der Waals surface area (Å²) in [7, 11) is 0. The van der Waals surface area contributed by atoms with E-state index in [2.05, 4.69) is 0 Å². The molecule has 2 atom stereocenters. The van der Waals surface area contributed by atoms with Crippen molar-refractivity contribution in [1.29, 1.82) is 0 Å². The quantitative estimate of drug-likeness (QED) is 0.834. The van der Waals surface area contributed by atoms with E-state index >= 15 is 0 Å². The maximum absolute atomic E-state index is 13.2. The van der Waals surface area contributed by atoms with Crippen molar-refractivity contribution in [2.75, 3.05) is 0 Å². The fourth-order valence-corrected chi connectivity index (χ4v) is 1.75. The van der Waals surface area contributed by atoms with Gasteiger partial charge in [-0.2, -0.15) is 0 Å². The van der Waals surface area contributed by atoms with Crippen LogP contribution in [0.15, 0.2) is 18.2 Å². The average molecular weight is 212 g/mol. The first-order chi connectivity index (χ1) is 7.08. The van der Waals surface area contributed by atoms with E-state index < -0.39 is 17.6 Å². The number of benzene rings is 1. The molecule has 1 aromatic rings. The molecule has 2 rings (SSSR count). The van der Waals surface area contributed by atoms with Gasteiger partial charge in [0.1, 0.15) is 11.6 Å². The Morgan fingerprint density at radius 1 is 1.47 bits per heavy atom. The van der Waals surface area contributed by atoms with Gasteiger partial charge in [-0.05, 0) is 30.4 Å². The molecular formula is C11H10F2O2. The van der Waals surface area contributed by atoms with E-state index in [4.69, 9.17) is 5.11 Å². The Hall–Kier alpha value is -1.45. The Morgan fingerprint density at radius 3 is 2.73 bits per heavy atom. The van der Waals surface area contributed by atoms with E-state index in [-0.39, 0.29) is 11.8 Å². The van der Waals surface area contributed by atoms with Gasteiger partial charge in [-0.1, -0.05) is 6.07 Å². The molecule has 0 heterocycles. The zero-order chi connectivity index (χ0) is 11.0. The van der Waals surface area contributed by atoms with Gasteiger partial charge in [0.15, 0.2) is 0 Å². The van der Waals surface area contributed by atoms with Crippen LogP contribution in [0.5, 0.6) is 0 Å². The number of carboxylic acid groups (broad SMARTS) is 1. The number of hydrogen-bond acceptors (Lipinski definition) is 1. The first kappa shape index (κ1) is 10.1. The summed E-state index contributed by atoms with van der Waals surface area (Å²) in [6, 6.07) is 3.39. The van der Waals surface area contributed by atoms with Crippen molar-refractivity contribution in [3.63, 3.8) is 0 Å². The Kier molecular flexibility index (Phi) is 2.42. The second-order valence-corrected chi connectivity index (χ2v) is 3.88. The normalized spacial score (nSPS) is 23.9. The van der Waals surface area contributed by atoms with E-state index in [1.807, 2.05) is 0 Å². The summed E-state index contributed by atoms with van der Waals surface area (Å²) in [5.74, 6) is -2.38. The van der Waals surface area contributed by atoms with Crippen molar-refractivity contribution in [3.8, 4) is 0 Å². The Balaban J connectivity index is 2.04. The average Bonchev–Trinajstić information content (AvgIpc) is 2.89. The van der Waals surface area contributed by atoms with Crippen LogP contribution in [-0.4, -0.2) is 11.1 Å². The molecule has 2 nitrogen and oxygen atoms in total. The number of halogens is 2. The smallest absolute Gasteiger partial charge is 0.306 e. The van der Waals surface area contributed by atoms with Crippen LogP contribution in [-0.2, 0) is 11.2 Å². The summed E-state index contributed by atoms with van der Waals surface area (Å²) < 4.78 is 25.8. The molecule has 15 heavy (non-hydrogen) atoms. The summed E-state index contributed by atoms with van der Waals surface area (Å²) >= 11 is 0. The third kappa shape index (κ3) is 2.14. The Labute approximate surface area is 85.5 Å². The molecule has 0 spiro atoms. The maximum Gasteiger partial charge on any atom is 0.306 e. The molecule has 0 aliphatic heterocycles. The third-order valence-electron chi connectivity index (χ3n) is 2.74. The summed E-state index contributed by atoms with van der Waals surface area (Å²) in [6.45, 7) is 0. The van der Waals surface area contributed by atoms with Gasteiger partial charge in [0.2, 0.25) is 0 Å². The fraction of sp³-hybridized carbons (Fsp3) is 0.364. The zero-order valence-corrected chi connectivity index (χ0v) is 7.91. The molecule has 80 valence electrons. The lowest BCUT2D eigenvalue weighted by atomic mass is 10.1. The van der Waals surface area contributed by atoms with Crippen molar-refractivity contribution in [1.82, 2.24) is 0 Å². The number of aliphatic carboxylic acids is 1. The van der Waals surface area contributed by atoms with Crippen molar-refractivity contribution in [2.24, 2.45) is 11.8 Å². The van der Waals surface area contributed by atoms with E-state index in [9.17, 15) is 13.6 Å². The Morgan fingerprint density at radius 2 is 2.20 bits per heavy atom. The summed E-state index contributed by atoms with van der Waals surface area (Å²) in [6.07, 6.45) is 0.967. The van der Waals surface area contributed by atoms with E-state index in [1.165, 1.54) is 12.1 Å². The van der Waals surface area contributed by atoms with Gasteiger partial charge in [-0.3, -0.25) is 4.79 Å². The lowest BCUT2D eigenvalue weighted by molar-refractivity contribution is -0.138. The zero-order valence-electron chi connectivity index (χ0n) is 7.91. The molecule has 4 heteroatoms. The van der Waals surface area contributed by atoms with Gasteiger partial charge in [-0.25, -0.2) is 8.78 Å². The molecule has 1 fully saturated rings. The topological polar surface area (TPSA) is 37.3 Å². The summed E-state index contributed by atoms with van der Waals surface area (Å²) in [4.78, 5) is 10.5. The molecule has 1 saturated carbocycles. The lowest BCUT2D eigenvalue weighted by Crippen LogP contribution is -2.02. The highest BCUT2D eigenvalue weighted by molar-refractivity contribution is 5.73. The molecule has 1 aromatic carbocycles. The van der Waals surface area contributed by atoms with Gasteiger partial charge in [-0.15, -0.1) is 0 Å². The fourth-order valence-electron chi connectivity index (χ4n) is 1.75. The standard InChI is InChI=1S/C11H10F2O2/c12-8-2-1-6(10(13)5-8)3-7-4-9(7)11(14)15/h1-2,5,7,9H,3-4H2,(H,14,15). The van der Waals surface area contributed by atoms with Crippen molar-refractivity contribution >= 4 is 5.97 Å². The lowest BCUT2D eigenvalue weighted by Gasteiger charge is -2.01. The molecule has 1 aliphatic carbocycles. The summed E-state index contributed by atoms with van der Waals surface area (Å²) in [5, 5.41) is 8.66. The van der Waals surface area contributed by atoms with Crippen LogP contribution >= 0.6 is 0 Å². The van der Waals surface area contributed by atoms with Crippen LogP contribution in [0.1, 0.15) is 12.0 Å². The minimum atomic E-state index is -0.831. The first-order valence-electron chi connectivity index (χ1n) is 4.74. The SMILES string of the molecule is O=C(O)C1CC1Cc1ccc(F)cc1F. The van der Waals surface area contributed by atoms with Gasteiger partial charge < -0.3 is 5.11 Å². The van der Waals surface area contributed by atoms with Gasteiger partial charge in [0.25, 0.3) is 0 Å². The van der Waals surface area contributed by atoms with Crippen molar-refractivity contribution in [3.05, 3.63) is 35.4 Å². The van der Waals surface area contributed by atoms with E-state index in [1.54, 1.807) is 0 Å². The van der Waals surface area contributed by atoms with Crippen LogP contribution < -0.4 is 0 Å². The van der Waals surface area contributed by atoms with Gasteiger partial charge >= 0.3 is 5.97 Å². The highest BCUT2D eigenvalue weighted by Crippen LogP contribution is 2.41. The summed E-state index contributed by atoms with van der Waals surface area (Å²) in [5.41, 5.74) is 0.394. The van der Waals surface area contributed by atoms with E-state index in [0.29, 0.717) is 18.4 Å². The van der Waals surface area contributed by atoms with Gasteiger partial charge in [0, 0.05) is 6.07 Å². The second kappa shape index (κ2) is 3.61. The van der Waals surface area contributed by atoms with Crippen LogP contribution in [0.4, 0.5) is 8.78 Å². The van der Waals surface area contributed by atoms with Crippen molar-refractivity contribution in [2.45, 2.75) is 12.8 Å². The number of hydrogen-bond donors (Lipinski definition) is 1. The molecule has 0 bridgehead atoms.